The zero-order valence-electron chi connectivity index (χ0n) is 14.9. The maximum Gasteiger partial charge on any atom is 0.251 e. The maximum absolute atomic E-state index is 12.5. The van der Waals surface area contributed by atoms with E-state index in [0.717, 1.165) is 6.42 Å². The lowest BCUT2D eigenvalue weighted by molar-refractivity contribution is -0.125. The van der Waals surface area contributed by atoms with E-state index in [1.165, 1.54) is 0 Å². The predicted octanol–water partition coefficient (Wildman–Crippen LogP) is 2.75. The molecule has 0 saturated carbocycles. The highest BCUT2D eigenvalue weighted by atomic mass is 16.5. The summed E-state index contributed by atoms with van der Waals surface area (Å²) in [6, 6.07) is 6.23. The van der Waals surface area contributed by atoms with Gasteiger partial charge in [0, 0.05) is 11.1 Å². The predicted molar refractivity (Wildman–Crippen MR) is 91.6 cm³/mol. The van der Waals surface area contributed by atoms with E-state index in [9.17, 15) is 9.59 Å². The first-order chi connectivity index (χ1) is 10.7. The molecule has 0 aromatic heterocycles. The molecular formula is C18H28N2O3. The first-order valence-corrected chi connectivity index (χ1v) is 7.97. The molecule has 0 heterocycles. The molecule has 0 unspecified atom stereocenters. The molecule has 0 radical (unpaired) electrons. The van der Waals surface area contributed by atoms with Gasteiger partial charge in [-0.3, -0.25) is 9.59 Å². The fourth-order valence-corrected chi connectivity index (χ4v) is 2.00. The molecule has 2 N–H and O–H groups in total. The van der Waals surface area contributed by atoms with Gasteiger partial charge >= 0.3 is 0 Å². The second-order valence-electron chi connectivity index (χ2n) is 6.65. The number of hydrogen-bond donors (Lipinski definition) is 2. The van der Waals surface area contributed by atoms with Crippen LogP contribution in [0.5, 0.6) is 5.75 Å². The summed E-state index contributed by atoms with van der Waals surface area (Å²) in [4.78, 5) is 24.8. The minimum atomic E-state index is -0.574. The molecule has 0 fully saturated rings. The van der Waals surface area contributed by atoms with Crippen LogP contribution in [0.15, 0.2) is 24.3 Å². The summed E-state index contributed by atoms with van der Waals surface area (Å²) in [5, 5.41) is 5.81. The highest BCUT2D eigenvalue weighted by Gasteiger charge is 2.28. The Bertz CT molecular complexity index is 536. The van der Waals surface area contributed by atoms with Gasteiger partial charge in [-0.1, -0.05) is 20.8 Å². The van der Waals surface area contributed by atoms with Crippen molar-refractivity contribution in [3.8, 4) is 5.75 Å². The summed E-state index contributed by atoms with van der Waals surface area (Å²) in [7, 11) is 1.57. The van der Waals surface area contributed by atoms with Gasteiger partial charge in [0.25, 0.3) is 5.91 Å². The molecule has 1 rings (SSSR count). The largest absolute Gasteiger partial charge is 0.497 e. The van der Waals surface area contributed by atoms with Crippen molar-refractivity contribution < 1.29 is 14.3 Å². The Morgan fingerprint density at radius 2 is 1.74 bits per heavy atom. The molecule has 0 saturated heterocycles. The van der Waals surface area contributed by atoms with Gasteiger partial charge in [0.15, 0.2) is 0 Å². The van der Waals surface area contributed by atoms with Crippen molar-refractivity contribution in [1.82, 2.24) is 10.6 Å². The van der Waals surface area contributed by atoms with Crippen molar-refractivity contribution in [2.75, 3.05) is 7.11 Å². The Balaban J connectivity index is 2.82. The van der Waals surface area contributed by atoms with Crippen molar-refractivity contribution >= 4 is 11.8 Å². The third-order valence-corrected chi connectivity index (χ3v) is 3.93. The summed E-state index contributed by atoms with van der Waals surface area (Å²) in [5.41, 5.74) is 0.203. The highest BCUT2D eigenvalue weighted by molar-refractivity contribution is 5.97. The molecule has 2 amide bonds. The maximum atomic E-state index is 12.5. The van der Waals surface area contributed by atoms with Crippen LogP contribution in [0.1, 0.15) is 51.4 Å². The molecule has 1 aromatic rings. The number of rotatable bonds is 7. The van der Waals surface area contributed by atoms with E-state index >= 15 is 0 Å². The van der Waals surface area contributed by atoms with Crippen molar-refractivity contribution in [3.63, 3.8) is 0 Å². The van der Waals surface area contributed by atoms with Crippen LogP contribution in [0.3, 0.4) is 0 Å². The lowest BCUT2D eigenvalue weighted by Gasteiger charge is -2.29. The van der Waals surface area contributed by atoms with Gasteiger partial charge in [0.1, 0.15) is 11.8 Å². The monoisotopic (exact) mass is 320 g/mol. The van der Waals surface area contributed by atoms with Gasteiger partial charge in [0.05, 0.1) is 7.11 Å². The molecule has 5 nitrogen and oxygen atoms in total. The van der Waals surface area contributed by atoms with Gasteiger partial charge in [-0.2, -0.15) is 0 Å². The number of carbonyl (C=O) groups excluding carboxylic acids is 2. The first-order valence-electron chi connectivity index (χ1n) is 7.97. The van der Waals surface area contributed by atoms with Crippen LogP contribution in [0.2, 0.25) is 0 Å². The number of ether oxygens (including phenoxy) is 1. The summed E-state index contributed by atoms with van der Waals surface area (Å²) >= 11 is 0. The molecule has 0 aliphatic carbocycles. The Labute approximate surface area is 138 Å². The average Bonchev–Trinajstić information content (AvgIpc) is 2.51. The van der Waals surface area contributed by atoms with Crippen molar-refractivity contribution in [3.05, 3.63) is 29.8 Å². The summed E-state index contributed by atoms with van der Waals surface area (Å²) in [5.74, 6) is 0.249. The van der Waals surface area contributed by atoms with Crippen LogP contribution in [0.25, 0.3) is 0 Å². The van der Waals surface area contributed by atoms with Crippen molar-refractivity contribution in [2.24, 2.45) is 5.92 Å². The lowest BCUT2D eigenvalue weighted by atomic mass is 9.98. The Morgan fingerprint density at radius 1 is 1.17 bits per heavy atom. The fourth-order valence-electron chi connectivity index (χ4n) is 2.00. The summed E-state index contributed by atoms with van der Waals surface area (Å²) in [6.07, 6.45) is 0.815. The van der Waals surface area contributed by atoms with Crippen LogP contribution < -0.4 is 15.4 Å². The number of hydrogen-bond acceptors (Lipinski definition) is 3. The summed E-state index contributed by atoms with van der Waals surface area (Å²) < 4.78 is 5.08. The number of methoxy groups -OCH3 is 1. The zero-order chi connectivity index (χ0) is 17.6. The van der Waals surface area contributed by atoms with E-state index in [1.54, 1.807) is 31.4 Å². The second kappa shape index (κ2) is 7.99. The van der Waals surface area contributed by atoms with Gasteiger partial charge in [-0.05, 0) is 50.5 Å². The van der Waals surface area contributed by atoms with Crippen LogP contribution in [-0.2, 0) is 4.79 Å². The number of carbonyl (C=O) groups is 2. The minimum absolute atomic E-state index is 0.00939. The van der Waals surface area contributed by atoms with E-state index in [2.05, 4.69) is 10.6 Å². The van der Waals surface area contributed by atoms with Gasteiger partial charge in [0.2, 0.25) is 5.91 Å². The second-order valence-corrected chi connectivity index (χ2v) is 6.65. The molecule has 0 spiro atoms. The van der Waals surface area contributed by atoms with E-state index in [0.29, 0.717) is 11.3 Å². The average molecular weight is 320 g/mol. The molecule has 0 aliphatic rings. The SMILES string of the molecule is CCC(C)(C)NC(=O)[C@@H](NC(=O)c1ccc(OC)cc1)C(C)C. The molecule has 128 valence electrons. The zero-order valence-corrected chi connectivity index (χ0v) is 14.9. The molecule has 5 heteroatoms. The van der Waals surface area contributed by atoms with E-state index in [4.69, 9.17) is 4.74 Å². The van der Waals surface area contributed by atoms with Crippen LogP contribution >= 0.6 is 0 Å². The van der Waals surface area contributed by atoms with Gasteiger partial charge in [-0.25, -0.2) is 0 Å². The minimum Gasteiger partial charge on any atom is -0.497 e. The Morgan fingerprint density at radius 3 is 2.17 bits per heavy atom. The van der Waals surface area contributed by atoms with Gasteiger partial charge < -0.3 is 15.4 Å². The normalized spacial score (nSPS) is 12.7. The van der Waals surface area contributed by atoms with Crippen LogP contribution in [-0.4, -0.2) is 30.5 Å². The van der Waals surface area contributed by atoms with Crippen molar-refractivity contribution in [1.29, 1.82) is 0 Å². The van der Waals surface area contributed by atoms with Crippen LogP contribution in [0.4, 0.5) is 0 Å². The lowest BCUT2D eigenvalue weighted by Crippen LogP contribution is -2.54. The molecular weight excluding hydrogens is 292 g/mol. The van der Waals surface area contributed by atoms with E-state index in [1.807, 2.05) is 34.6 Å². The third-order valence-electron chi connectivity index (χ3n) is 3.93. The van der Waals surface area contributed by atoms with Crippen molar-refractivity contribution in [2.45, 2.75) is 52.6 Å². The standard InChI is InChI=1S/C18H28N2O3/c1-7-18(4,5)20-17(22)15(12(2)3)19-16(21)13-8-10-14(23-6)11-9-13/h8-12,15H,7H2,1-6H3,(H,19,21)(H,20,22)/t15-/m0/s1. The quantitative estimate of drug-likeness (QED) is 0.812. The van der Waals surface area contributed by atoms with Crippen LogP contribution in [0, 0.1) is 5.92 Å². The topological polar surface area (TPSA) is 67.4 Å². The number of amides is 2. The molecule has 23 heavy (non-hydrogen) atoms. The summed E-state index contributed by atoms with van der Waals surface area (Å²) in [6.45, 7) is 9.77. The number of benzene rings is 1. The highest BCUT2D eigenvalue weighted by Crippen LogP contribution is 2.13. The number of nitrogens with one attached hydrogen (secondary N) is 2. The van der Waals surface area contributed by atoms with E-state index in [-0.39, 0.29) is 23.3 Å². The van der Waals surface area contributed by atoms with E-state index < -0.39 is 6.04 Å². The molecule has 1 aromatic carbocycles. The third kappa shape index (κ3) is 5.58. The molecule has 1 atom stereocenters. The molecule has 0 bridgehead atoms. The fraction of sp³-hybridized carbons (Fsp3) is 0.556. The van der Waals surface area contributed by atoms with Gasteiger partial charge in [-0.15, -0.1) is 0 Å². The smallest absolute Gasteiger partial charge is 0.251 e. The Hall–Kier alpha value is -2.04. The molecule has 0 aliphatic heterocycles. The first kappa shape index (κ1) is 19.0. The Kier molecular flexibility index (Phi) is 6.61.